The Morgan fingerprint density at radius 1 is 0.955 bits per heavy atom. The van der Waals surface area contributed by atoms with Crippen LogP contribution in [0.5, 0.6) is 0 Å². The summed E-state index contributed by atoms with van der Waals surface area (Å²) < 4.78 is 0. The van der Waals surface area contributed by atoms with Crippen LogP contribution in [0.15, 0.2) is 71.8 Å². The SMILES string of the molecule is CC1(C)[C@H](N(O)C(=O)Nc2ccc(Cl)cc2)N(c2ccc(Cl)cc2)C(=O)N1CCCCC(=O)N/N=C/c1ccc(Cl)cc1Cl. The average molecular weight is 680 g/mol. The van der Waals surface area contributed by atoms with Gasteiger partial charge >= 0.3 is 12.1 Å². The Morgan fingerprint density at radius 2 is 1.57 bits per heavy atom. The fourth-order valence-electron chi connectivity index (χ4n) is 4.80. The van der Waals surface area contributed by atoms with Gasteiger partial charge in [-0.3, -0.25) is 14.9 Å². The van der Waals surface area contributed by atoms with Crippen LogP contribution in [0.1, 0.15) is 38.7 Å². The number of nitrogens with one attached hydrogen (secondary N) is 2. The first-order chi connectivity index (χ1) is 20.9. The maximum absolute atomic E-state index is 13.8. The fraction of sp³-hybridized carbons (Fsp3) is 0.267. The second-order valence-electron chi connectivity index (χ2n) is 10.5. The number of urea groups is 2. The number of carbonyl (C=O) groups is 3. The van der Waals surface area contributed by atoms with Crippen molar-refractivity contribution < 1.29 is 19.6 Å². The molecule has 0 aliphatic carbocycles. The van der Waals surface area contributed by atoms with E-state index in [2.05, 4.69) is 15.8 Å². The molecule has 10 nitrogen and oxygen atoms in total. The number of nitrogens with zero attached hydrogens (tertiary/aromatic N) is 4. The minimum absolute atomic E-state index is 0.161. The van der Waals surface area contributed by atoms with Crippen molar-refractivity contribution >= 4 is 82.0 Å². The summed E-state index contributed by atoms with van der Waals surface area (Å²) in [5.74, 6) is -0.306. The van der Waals surface area contributed by atoms with E-state index in [0.717, 1.165) is 0 Å². The molecular formula is C30H30Cl4N6O4. The third-order valence-electron chi connectivity index (χ3n) is 7.04. The molecule has 1 aliphatic heterocycles. The van der Waals surface area contributed by atoms with Crippen molar-refractivity contribution in [1.82, 2.24) is 15.4 Å². The number of amides is 5. The van der Waals surface area contributed by atoms with E-state index in [1.807, 2.05) is 0 Å². The number of benzene rings is 3. The van der Waals surface area contributed by atoms with Crippen molar-refractivity contribution in [2.45, 2.75) is 44.8 Å². The smallest absolute Gasteiger partial charge is 0.315 e. The highest BCUT2D eigenvalue weighted by molar-refractivity contribution is 6.36. The molecule has 4 rings (SSSR count). The Balaban J connectivity index is 1.42. The summed E-state index contributed by atoms with van der Waals surface area (Å²) in [4.78, 5) is 42.2. The molecule has 1 aliphatic rings. The van der Waals surface area contributed by atoms with Crippen LogP contribution < -0.4 is 15.6 Å². The first kappa shape index (κ1) is 33.4. The van der Waals surface area contributed by atoms with Gasteiger partial charge in [0.05, 0.1) is 16.8 Å². The molecule has 0 unspecified atom stereocenters. The number of halogens is 4. The van der Waals surface area contributed by atoms with Crippen molar-refractivity contribution in [1.29, 1.82) is 0 Å². The second kappa shape index (κ2) is 14.5. The monoisotopic (exact) mass is 678 g/mol. The number of unbranched alkanes of at least 4 members (excludes halogenated alkanes) is 1. The summed E-state index contributed by atoms with van der Waals surface area (Å²) in [5.41, 5.74) is 2.87. The van der Waals surface area contributed by atoms with E-state index in [1.165, 1.54) is 11.1 Å². The molecule has 0 aromatic heterocycles. The summed E-state index contributed by atoms with van der Waals surface area (Å²) in [6, 6.07) is 16.6. The number of hydroxylamine groups is 2. The Labute approximate surface area is 275 Å². The molecule has 1 heterocycles. The Hall–Kier alpha value is -3.54. The standard InChI is InChI=1S/C30H30Cl4N6O4/c1-30(2)27(40(44)28(42)36-23-12-8-20(31)9-13-23)39(24-14-10-21(32)11-15-24)29(43)38(30)16-4-3-5-26(41)37-35-18-19-6-7-22(33)17-25(19)34/h6-15,17-18,27,44H,3-5,16H2,1-2H3,(H,36,42)(H,37,41)/b35-18+/t27-/m0/s1. The molecular weight excluding hydrogens is 650 g/mol. The third kappa shape index (κ3) is 7.94. The van der Waals surface area contributed by atoms with Gasteiger partial charge in [0.1, 0.15) is 0 Å². The molecule has 44 heavy (non-hydrogen) atoms. The number of anilines is 2. The number of hydrogen-bond acceptors (Lipinski definition) is 5. The lowest BCUT2D eigenvalue weighted by Crippen LogP contribution is -2.58. The van der Waals surface area contributed by atoms with E-state index < -0.39 is 23.8 Å². The van der Waals surface area contributed by atoms with E-state index in [9.17, 15) is 19.6 Å². The van der Waals surface area contributed by atoms with Crippen molar-refractivity contribution in [2.75, 3.05) is 16.8 Å². The van der Waals surface area contributed by atoms with Gasteiger partial charge in [0.25, 0.3) is 0 Å². The van der Waals surface area contributed by atoms with Crippen LogP contribution in [-0.4, -0.2) is 57.6 Å². The van der Waals surface area contributed by atoms with Gasteiger partial charge in [-0.2, -0.15) is 10.2 Å². The predicted octanol–water partition coefficient (Wildman–Crippen LogP) is 7.89. The van der Waals surface area contributed by atoms with Gasteiger partial charge < -0.3 is 10.2 Å². The molecule has 1 saturated heterocycles. The maximum Gasteiger partial charge on any atom is 0.347 e. The van der Waals surface area contributed by atoms with Crippen LogP contribution in [0, 0.1) is 0 Å². The van der Waals surface area contributed by atoms with Crippen LogP contribution >= 0.6 is 46.4 Å². The highest BCUT2D eigenvalue weighted by Crippen LogP contribution is 2.38. The lowest BCUT2D eigenvalue weighted by Gasteiger charge is -2.38. The zero-order valence-corrected chi connectivity index (χ0v) is 26.8. The molecule has 0 bridgehead atoms. The van der Waals surface area contributed by atoms with Gasteiger partial charge in [-0.15, -0.1) is 0 Å². The van der Waals surface area contributed by atoms with Crippen molar-refractivity contribution in [3.05, 3.63) is 92.4 Å². The Bertz CT molecular complexity index is 1540. The van der Waals surface area contributed by atoms with Crippen LogP contribution in [0.25, 0.3) is 0 Å². The normalized spacial score (nSPS) is 16.0. The molecule has 0 radical (unpaired) electrons. The van der Waals surface area contributed by atoms with E-state index >= 15 is 0 Å². The molecule has 14 heteroatoms. The van der Waals surface area contributed by atoms with Crippen molar-refractivity contribution in [3.8, 4) is 0 Å². The van der Waals surface area contributed by atoms with E-state index in [4.69, 9.17) is 46.4 Å². The topological polar surface area (TPSA) is 118 Å². The maximum atomic E-state index is 13.8. The molecule has 0 spiro atoms. The largest absolute Gasteiger partial charge is 0.347 e. The second-order valence-corrected chi connectivity index (χ2v) is 12.2. The average Bonchev–Trinajstić information content (AvgIpc) is 3.17. The molecule has 3 N–H and O–H groups in total. The summed E-state index contributed by atoms with van der Waals surface area (Å²) in [6.45, 7) is 3.77. The highest BCUT2D eigenvalue weighted by Gasteiger charge is 2.55. The first-order valence-corrected chi connectivity index (χ1v) is 15.1. The highest BCUT2D eigenvalue weighted by atomic mass is 35.5. The number of hydrogen-bond donors (Lipinski definition) is 3. The molecule has 1 atom stereocenters. The van der Waals surface area contributed by atoms with Crippen LogP contribution in [-0.2, 0) is 4.79 Å². The number of rotatable bonds is 10. The summed E-state index contributed by atoms with van der Waals surface area (Å²) in [7, 11) is 0. The number of hydrazone groups is 1. The molecule has 3 aromatic rings. The van der Waals surface area contributed by atoms with E-state index in [-0.39, 0.29) is 18.9 Å². The van der Waals surface area contributed by atoms with Gasteiger partial charge in [0.2, 0.25) is 5.91 Å². The molecule has 5 amide bonds. The summed E-state index contributed by atoms with van der Waals surface area (Å²) in [5, 5.41) is 20.1. The van der Waals surface area contributed by atoms with Gasteiger partial charge in [-0.25, -0.2) is 15.0 Å². The molecule has 3 aromatic carbocycles. The van der Waals surface area contributed by atoms with Crippen LogP contribution in [0.2, 0.25) is 20.1 Å². The quantitative estimate of drug-likeness (QED) is 0.0874. The molecule has 232 valence electrons. The molecule has 0 saturated carbocycles. The zero-order valence-electron chi connectivity index (χ0n) is 23.8. The van der Waals surface area contributed by atoms with E-state index in [0.29, 0.717) is 54.9 Å². The van der Waals surface area contributed by atoms with Gasteiger partial charge in [0, 0.05) is 45.0 Å². The predicted molar refractivity (Wildman–Crippen MR) is 174 cm³/mol. The fourth-order valence-corrected chi connectivity index (χ4v) is 5.51. The van der Waals surface area contributed by atoms with Crippen LogP contribution in [0.3, 0.4) is 0 Å². The minimum Gasteiger partial charge on any atom is -0.315 e. The summed E-state index contributed by atoms with van der Waals surface area (Å²) in [6.07, 6.45) is 1.40. The number of carbonyl (C=O) groups excluding carboxylic acids is 3. The Morgan fingerprint density at radius 3 is 2.20 bits per heavy atom. The third-order valence-corrected chi connectivity index (χ3v) is 8.11. The van der Waals surface area contributed by atoms with Gasteiger partial charge in [0.15, 0.2) is 6.17 Å². The van der Waals surface area contributed by atoms with Gasteiger partial charge in [-0.1, -0.05) is 52.5 Å². The zero-order chi connectivity index (χ0) is 32.0. The van der Waals surface area contributed by atoms with Crippen molar-refractivity contribution in [3.63, 3.8) is 0 Å². The first-order valence-electron chi connectivity index (χ1n) is 13.6. The Kier molecular flexibility index (Phi) is 11.0. The lowest BCUT2D eigenvalue weighted by atomic mass is 9.99. The van der Waals surface area contributed by atoms with Gasteiger partial charge in [-0.05, 0) is 87.4 Å². The molecule has 1 fully saturated rings. The van der Waals surface area contributed by atoms with Crippen molar-refractivity contribution in [2.24, 2.45) is 5.10 Å². The van der Waals surface area contributed by atoms with Crippen LogP contribution in [0.4, 0.5) is 21.0 Å². The lowest BCUT2D eigenvalue weighted by molar-refractivity contribution is -0.121. The van der Waals surface area contributed by atoms with E-state index in [1.54, 1.807) is 85.5 Å². The summed E-state index contributed by atoms with van der Waals surface area (Å²) >= 11 is 24.0. The minimum atomic E-state index is -1.11.